The Labute approximate surface area is 99.8 Å². The maximum Gasteiger partial charge on any atom is 1.00 e. The predicted octanol–water partition coefficient (Wildman–Crippen LogP) is -1.34. The Bertz CT molecular complexity index is 324. The van der Waals surface area contributed by atoms with Crippen LogP contribution in [0.2, 0.25) is 0 Å². The first-order chi connectivity index (χ1) is 5.18. The van der Waals surface area contributed by atoms with Crippen molar-refractivity contribution in [2.75, 3.05) is 0 Å². The fraction of sp³-hybridized carbons (Fsp3) is 0. The largest absolute Gasteiger partial charge is 1.00 e. The monoisotopic (exact) mass is 215 g/mol. The SMILES string of the molecule is O=[S-](=S)Oc1cccc(F)c1.[H-].[Na+]. The molecule has 1 rings (SSSR count). The van der Waals surface area contributed by atoms with Gasteiger partial charge in [0.25, 0.3) is 0 Å². The molecule has 6 heteroatoms. The second kappa shape index (κ2) is 5.88. The summed E-state index contributed by atoms with van der Waals surface area (Å²) in [7, 11) is -1.81. The average molecular weight is 215 g/mol. The number of hydrogen-bond donors (Lipinski definition) is 0. The smallest absolute Gasteiger partial charge is 1.00 e. The van der Waals surface area contributed by atoms with Gasteiger partial charge < -0.3 is 9.82 Å². The van der Waals surface area contributed by atoms with E-state index >= 15 is 0 Å². The molecule has 0 aliphatic carbocycles. The molecule has 0 atom stereocenters. The maximum atomic E-state index is 12.4. The van der Waals surface area contributed by atoms with Crippen molar-refractivity contribution in [3.8, 4) is 5.75 Å². The molecule has 0 saturated heterocycles. The van der Waals surface area contributed by atoms with Gasteiger partial charge in [-0.25, -0.2) is 4.39 Å². The van der Waals surface area contributed by atoms with Gasteiger partial charge in [0, 0.05) is 6.07 Å². The van der Waals surface area contributed by atoms with Crippen molar-refractivity contribution in [3.63, 3.8) is 0 Å². The summed E-state index contributed by atoms with van der Waals surface area (Å²) in [6.45, 7) is 0. The van der Waals surface area contributed by atoms with Gasteiger partial charge in [-0.3, -0.25) is 0 Å². The summed E-state index contributed by atoms with van der Waals surface area (Å²) in [6, 6.07) is 5.31. The van der Waals surface area contributed by atoms with Gasteiger partial charge >= 0.3 is 29.6 Å². The second-order valence-corrected chi connectivity index (χ2v) is 3.14. The number of hydrogen-bond acceptors (Lipinski definition) is 4. The van der Waals surface area contributed by atoms with Gasteiger partial charge in [-0.15, -0.1) is 0 Å². The Balaban J connectivity index is 0. The minimum atomic E-state index is -1.81. The molecule has 0 heterocycles. The molecule has 0 amide bonds. The molecule has 0 fully saturated rings. The van der Waals surface area contributed by atoms with Crippen LogP contribution in [0.5, 0.6) is 5.75 Å². The molecular weight excluding hydrogens is 210 g/mol. The molecule has 1 aromatic rings. The van der Waals surface area contributed by atoms with Gasteiger partial charge in [-0.1, -0.05) is 6.07 Å². The van der Waals surface area contributed by atoms with Crippen LogP contribution in [0.3, 0.4) is 0 Å². The fourth-order valence-corrected chi connectivity index (χ4v) is 1.09. The van der Waals surface area contributed by atoms with Crippen molar-refractivity contribution < 1.29 is 43.8 Å². The van der Waals surface area contributed by atoms with Crippen LogP contribution in [0.15, 0.2) is 24.3 Å². The van der Waals surface area contributed by atoms with Crippen LogP contribution in [0.4, 0.5) is 4.39 Å². The zero-order valence-electron chi connectivity index (χ0n) is 7.32. The van der Waals surface area contributed by atoms with Crippen LogP contribution >= 0.6 is 0 Å². The van der Waals surface area contributed by atoms with Crippen molar-refractivity contribution in [2.45, 2.75) is 0 Å². The molecule has 0 spiro atoms. The van der Waals surface area contributed by atoms with Gasteiger partial charge in [0.15, 0.2) is 0 Å². The van der Waals surface area contributed by atoms with Crippen molar-refractivity contribution in [1.82, 2.24) is 0 Å². The Morgan fingerprint density at radius 1 is 1.58 bits per heavy atom. The topological polar surface area (TPSA) is 26.3 Å². The third kappa shape index (κ3) is 4.37. The molecule has 1 aromatic carbocycles. The summed E-state index contributed by atoms with van der Waals surface area (Å²) in [5.74, 6) is -0.263. The normalized spacial score (nSPS) is 9.17. The van der Waals surface area contributed by atoms with E-state index in [1.165, 1.54) is 18.2 Å². The Kier molecular flexibility index (Phi) is 6.04. The zero-order valence-corrected chi connectivity index (χ0v) is 9.95. The molecule has 0 unspecified atom stereocenters. The van der Waals surface area contributed by atoms with Gasteiger partial charge in [0.2, 0.25) is 0 Å². The summed E-state index contributed by atoms with van der Waals surface area (Å²) < 4.78 is 27.3. The quantitative estimate of drug-likeness (QED) is 0.451. The van der Waals surface area contributed by atoms with Crippen molar-refractivity contribution in [3.05, 3.63) is 30.1 Å². The number of halogens is 1. The van der Waals surface area contributed by atoms with E-state index in [4.69, 9.17) is 0 Å². The molecule has 0 N–H and O–H groups in total. The first-order valence-corrected chi connectivity index (χ1v) is 4.71. The summed E-state index contributed by atoms with van der Waals surface area (Å²) in [5.41, 5.74) is 0. The minimum Gasteiger partial charge on any atom is -1.00 e. The third-order valence-corrected chi connectivity index (χ3v) is 1.49. The van der Waals surface area contributed by atoms with Gasteiger partial charge in [0.05, 0.1) is 0 Å². The van der Waals surface area contributed by atoms with E-state index in [0.29, 0.717) is 0 Å². The maximum absolute atomic E-state index is 12.4. The molecule has 2 nitrogen and oxygen atoms in total. The van der Waals surface area contributed by atoms with Gasteiger partial charge in [0.1, 0.15) is 11.6 Å². The molecule has 12 heavy (non-hydrogen) atoms. The molecule has 0 bridgehead atoms. The third-order valence-electron chi connectivity index (χ3n) is 0.960. The van der Waals surface area contributed by atoms with E-state index in [1.807, 2.05) is 0 Å². The number of rotatable bonds is 2. The molecular formula is C6H5FNaO2S2-. The van der Waals surface area contributed by atoms with Crippen LogP contribution in [-0.4, -0.2) is 0 Å². The van der Waals surface area contributed by atoms with E-state index in [1.54, 1.807) is 0 Å². The number of benzene rings is 1. The minimum absolute atomic E-state index is 0. The molecule has 0 radical (unpaired) electrons. The van der Waals surface area contributed by atoms with Crippen LogP contribution in [-0.2, 0) is 25.0 Å². The van der Waals surface area contributed by atoms with Crippen LogP contribution < -0.4 is 33.7 Å². The Hall–Kier alpha value is 0.320. The first kappa shape index (κ1) is 12.3. The van der Waals surface area contributed by atoms with Crippen LogP contribution in [0.1, 0.15) is 1.43 Å². The van der Waals surface area contributed by atoms with Crippen molar-refractivity contribution >= 4 is 20.8 Å². The van der Waals surface area contributed by atoms with E-state index in [-0.39, 0.29) is 36.7 Å². The molecule has 0 saturated carbocycles. The second-order valence-electron chi connectivity index (χ2n) is 1.74. The summed E-state index contributed by atoms with van der Waals surface area (Å²) in [6.07, 6.45) is 0. The summed E-state index contributed by atoms with van der Waals surface area (Å²) in [4.78, 5) is 0. The van der Waals surface area contributed by atoms with E-state index in [0.717, 1.165) is 6.07 Å². The average Bonchev–Trinajstić information content (AvgIpc) is 1.85. The van der Waals surface area contributed by atoms with Crippen molar-refractivity contribution in [1.29, 1.82) is 0 Å². The fourth-order valence-electron chi connectivity index (χ4n) is 0.597. The first-order valence-electron chi connectivity index (χ1n) is 2.71. The van der Waals surface area contributed by atoms with Gasteiger partial charge in [-0.2, -0.15) is 11.2 Å². The standard InChI is InChI=1S/C6H4FO2S2.Na.H/c7-5-2-1-3-6(4-5)9-11(8)10;;/h1-4H;;/q-1;+1;-1. The Morgan fingerprint density at radius 3 is 2.75 bits per heavy atom. The van der Waals surface area contributed by atoms with E-state index in [9.17, 15) is 8.60 Å². The van der Waals surface area contributed by atoms with Crippen LogP contribution in [0, 0.1) is 5.82 Å². The summed E-state index contributed by atoms with van der Waals surface area (Å²) >= 11 is 4.23. The van der Waals surface area contributed by atoms with Crippen molar-refractivity contribution in [2.24, 2.45) is 0 Å². The molecule has 0 aliphatic heterocycles. The van der Waals surface area contributed by atoms with E-state index < -0.39 is 15.5 Å². The molecule has 0 aliphatic rings. The Morgan fingerprint density at radius 2 is 2.25 bits per heavy atom. The van der Waals surface area contributed by atoms with Crippen LogP contribution in [0.25, 0.3) is 0 Å². The molecule has 0 aromatic heterocycles. The van der Waals surface area contributed by atoms with E-state index in [2.05, 4.69) is 15.4 Å². The predicted molar refractivity (Wildman–Crippen MR) is 43.6 cm³/mol. The molecule has 62 valence electrons. The zero-order chi connectivity index (χ0) is 8.27. The van der Waals surface area contributed by atoms with Gasteiger partial charge in [-0.05, 0) is 21.8 Å². The summed E-state index contributed by atoms with van der Waals surface area (Å²) in [5, 5.41) is 0.